The van der Waals surface area contributed by atoms with E-state index in [-0.39, 0.29) is 11.9 Å². The van der Waals surface area contributed by atoms with Crippen molar-refractivity contribution in [2.75, 3.05) is 0 Å². The SMILES string of the molecule is Cc1cc(F)ccc1CC(O)C1CCC(C)(C)CC1. The van der Waals surface area contributed by atoms with Crippen molar-refractivity contribution < 1.29 is 9.50 Å². The molecule has 2 rings (SSSR count). The van der Waals surface area contributed by atoms with E-state index >= 15 is 0 Å². The molecule has 1 unspecified atom stereocenters. The van der Waals surface area contributed by atoms with Crippen LogP contribution in [0.5, 0.6) is 0 Å². The molecule has 19 heavy (non-hydrogen) atoms. The molecule has 0 saturated heterocycles. The fourth-order valence-corrected chi connectivity index (χ4v) is 3.09. The summed E-state index contributed by atoms with van der Waals surface area (Å²) in [5, 5.41) is 10.4. The van der Waals surface area contributed by atoms with Crippen molar-refractivity contribution in [2.45, 2.75) is 59.0 Å². The first kappa shape index (κ1) is 14.5. The zero-order valence-electron chi connectivity index (χ0n) is 12.2. The van der Waals surface area contributed by atoms with Gasteiger partial charge in [-0.3, -0.25) is 0 Å². The molecule has 1 aliphatic carbocycles. The van der Waals surface area contributed by atoms with E-state index in [4.69, 9.17) is 0 Å². The van der Waals surface area contributed by atoms with Gasteiger partial charge in [0.2, 0.25) is 0 Å². The quantitative estimate of drug-likeness (QED) is 0.865. The highest BCUT2D eigenvalue weighted by molar-refractivity contribution is 5.27. The number of halogens is 1. The van der Waals surface area contributed by atoms with Crippen molar-refractivity contribution in [1.82, 2.24) is 0 Å². The number of hydrogen-bond donors (Lipinski definition) is 1. The normalized spacial score (nSPS) is 21.3. The van der Waals surface area contributed by atoms with Crippen molar-refractivity contribution in [2.24, 2.45) is 11.3 Å². The van der Waals surface area contributed by atoms with Crippen LogP contribution in [0.25, 0.3) is 0 Å². The molecule has 1 aromatic rings. The molecular formula is C17H25FO. The van der Waals surface area contributed by atoms with Crippen LogP contribution in [0.2, 0.25) is 0 Å². The maximum absolute atomic E-state index is 13.1. The van der Waals surface area contributed by atoms with E-state index in [2.05, 4.69) is 13.8 Å². The lowest BCUT2D eigenvalue weighted by Gasteiger charge is -2.36. The van der Waals surface area contributed by atoms with Crippen molar-refractivity contribution >= 4 is 0 Å². The van der Waals surface area contributed by atoms with Crippen LogP contribution in [0.4, 0.5) is 4.39 Å². The van der Waals surface area contributed by atoms with Gasteiger partial charge in [-0.1, -0.05) is 19.9 Å². The van der Waals surface area contributed by atoms with Crippen LogP contribution in [0.15, 0.2) is 18.2 Å². The number of aliphatic hydroxyl groups is 1. The maximum Gasteiger partial charge on any atom is 0.123 e. The summed E-state index contributed by atoms with van der Waals surface area (Å²) in [6.45, 7) is 6.52. The van der Waals surface area contributed by atoms with Crippen LogP contribution in [-0.2, 0) is 6.42 Å². The van der Waals surface area contributed by atoms with Crippen LogP contribution < -0.4 is 0 Å². The summed E-state index contributed by atoms with van der Waals surface area (Å²) in [6.07, 6.45) is 4.95. The molecule has 1 N–H and O–H groups in total. The number of rotatable bonds is 3. The molecule has 1 saturated carbocycles. The lowest BCUT2D eigenvalue weighted by atomic mass is 9.71. The first-order valence-corrected chi connectivity index (χ1v) is 7.30. The standard InChI is InChI=1S/C17H25FO/c1-12-10-15(18)5-4-14(12)11-16(19)13-6-8-17(2,3)9-7-13/h4-5,10,13,16,19H,6-9,11H2,1-3H3. The predicted octanol–water partition coefficient (Wildman–Crippen LogP) is 4.25. The molecule has 1 aromatic carbocycles. The van der Waals surface area contributed by atoms with Gasteiger partial charge in [-0.25, -0.2) is 4.39 Å². The fraction of sp³-hybridized carbons (Fsp3) is 0.647. The summed E-state index contributed by atoms with van der Waals surface area (Å²) < 4.78 is 13.1. The Morgan fingerprint density at radius 2 is 1.95 bits per heavy atom. The third-order valence-corrected chi connectivity index (χ3v) is 4.66. The summed E-state index contributed by atoms with van der Waals surface area (Å²) in [5.41, 5.74) is 2.44. The Morgan fingerprint density at radius 1 is 1.32 bits per heavy atom. The van der Waals surface area contributed by atoms with Crippen molar-refractivity contribution in [1.29, 1.82) is 0 Å². The molecule has 0 aliphatic heterocycles. The second-order valence-corrected chi connectivity index (χ2v) is 6.84. The Hall–Kier alpha value is -0.890. The van der Waals surface area contributed by atoms with E-state index in [1.807, 2.05) is 6.92 Å². The van der Waals surface area contributed by atoms with Gasteiger partial charge >= 0.3 is 0 Å². The average molecular weight is 264 g/mol. The third kappa shape index (κ3) is 3.79. The van der Waals surface area contributed by atoms with Crippen LogP contribution >= 0.6 is 0 Å². The van der Waals surface area contributed by atoms with Gasteiger partial charge in [0.05, 0.1) is 6.10 Å². The molecule has 0 radical (unpaired) electrons. The highest BCUT2D eigenvalue weighted by Crippen LogP contribution is 2.39. The highest BCUT2D eigenvalue weighted by Gasteiger charge is 2.30. The van der Waals surface area contributed by atoms with Crippen LogP contribution in [0.3, 0.4) is 0 Å². The number of hydrogen-bond acceptors (Lipinski definition) is 1. The van der Waals surface area contributed by atoms with Gasteiger partial charge < -0.3 is 5.11 Å². The molecule has 1 aliphatic rings. The molecule has 0 bridgehead atoms. The van der Waals surface area contributed by atoms with Gasteiger partial charge in [-0.05, 0) is 73.6 Å². The summed E-state index contributed by atoms with van der Waals surface area (Å²) >= 11 is 0. The number of aryl methyl sites for hydroxylation is 1. The molecule has 2 heteroatoms. The molecule has 1 nitrogen and oxygen atoms in total. The zero-order valence-corrected chi connectivity index (χ0v) is 12.2. The summed E-state index contributed by atoms with van der Waals surface area (Å²) in [6, 6.07) is 4.84. The Balaban J connectivity index is 1.96. The first-order valence-electron chi connectivity index (χ1n) is 7.30. The summed E-state index contributed by atoms with van der Waals surface area (Å²) in [4.78, 5) is 0. The van der Waals surface area contributed by atoms with Crippen molar-refractivity contribution in [3.05, 3.63) is 35.1 Å². The first-order chi connectivity index (χ1) is 8.87. The molecule has 0 spiro atoms. The number of benzene rings is 1. The fourth-order valence-electron chi connectivity index (χ4n) is 3.09. The molecule has 0 heterocycles. The zero-order chi connectivity index (χ0) is 14.0. The largest absolute Gasteiger partial charge is 0.392 e. The predicted molar refractivity (Wildman–Crippen MR) is 76.6 cm³/mol. The lowest BCUT2D eigenvalue weighted by molar-refractivity contribution is 0.0575. The van der Waals surface area contributed by atoms with E-state index in [0.717, 1.165) is 24.0 Å². The monoisotopic (exact) mass is 264 g/mol. The van der Waals surface area contributed by atoms with Gasteiger partial charge in [-0.2, -0.15) is 0 Å². The third-order valence-electron chi connectivity index (χ3n) is 4.66. The van der Waals surface area contributed by atoms with Gasteiger partial charge in [0.15, 0.2) is 0 Å². The molecule has 1 atom stereocenters. The molecular weight excluding hydrogens is 239 g/mol. The van der Waals surface area contributed by atoms with Crippen LogP contribution in [-0.4, -0.2) is 11.2 Å². The number of aliphatic hydroxyl groups excluding tert-OH is 1. The average Bonchev–Trinajstić information content (AvgIpc) is 2.32. The van der Waals surface area contributed by atoms with E-state index < -0.39 is 0 Å². The smallest absolute Gasteiger partial charge is 0.123 e. The Kier molecular flexibility index (Phi) is 4.29. The van der Waals surface area contributed by atoms with E-state index in [1.165, 1.54) is 18.9 Å². The highest BCUT2D eigenvalue weighted by atomic mass is 19.1. The second kappa shape index (κ2) is 5.62. The molecule has 0 amide bonds. The van der Waals surface area contributed by atoms with Crippen molar-refractivity contribution in [3.8, 4) is 0 Å². The van der Waals surface area contributed by atoms with Crippen LogP contribution in [0.1, 0.15) is 50.7 Å². The minimum atomic E-state index is -0.291. The molecule has 1 fully saturated rings. The van der Waals surface area contributed by atoms with Crippen molar-refractivity contribution in [3.63, 3.8) is 0 Å². The second-order valence-electron chi connectivity index (χ2n) is 6.84. The lowest BCUT2D eigenvalue weighted by Crippen LogP contribution is -2.30. The minimum absolute atomic E-state index is 0.199. The van der Waals surface area contributed by atoms with Gasteiger partial charge in [0.25, 0.3) is 0 Å². The molecule has 0 aromatic heterocycles. The van der Waals surface area contributed by atoms with E-state index in [9.17, 15) is 9.50 Å². The topological polar surface area (TPSA) is 20.2 Å². The minimum Gasteiger partial charge on any atom is -0.392 e. The van der Waals surface area contributed by atoms with Gasteiger partial charge in [0, 0.05) is 0 Å². The van der Waals surface area contributed by atoms with E-state index in [0.29, 0.717) is 17.8 Å². The van der Waals surface area contributed by atoms with Crippen LogP contribution in [0, 0.1) is 24.1 Å². The summed E-state index contributed by atoms with van der Waals surface area (Å²) in [7, 11) is 0. The molecule has 106 valence electrons. The van der Waals surface area contributed by atoms with E-state index in [1.54, 1.807) is 12.1 Å². The maximum atomic E-state index is 13.1. The Bertz CT molecular complexity index is 429. The van der Waals surface area contributed by atoms with Gasteiger partial charge in [-0.15, -0.1) is 0 Å². The van der Waals surface area contributed by atoms with Gasteiger partial charge in [0.1, 0.15) is 5.82 Å². The summed E-state index contributed by atoms with van der Waals surface area (Å²) in [5.74, 6) is 0.202. The Labute approximate surface area is 115 Å². The Morgan fingerprint density at radius 3 is 2.53 bits per heavy atom.